The van der Waals surface area contributed by atoms with Gasteiger partial charge in [0.1, 0.15) is 35.3 Å². The molecular formula is C50H41NO10. The molecule has 0 aliphatic carbocycles. The van der Waals surface area contributed by atoms with Crippen LogP contribution < -0.4 is 18.9 Å². The summed E-state index contributed by atoms with van der Waals surface area (Å²) in [6, 6.07) is 22.6. The molecule has 1 aromatic heterocycles. The standard InChI is InChI=1S/C50H41NO10/c1-58-46-25-33(5-9-37(29-52)23-39(31-54)11-7-35-15-19-44(56)48(27-35)60-3)13-17-41(46)42-21-22-51-50(42)43-18-14-34(26-47(43)59-2)6-10-38(30-53)24-40(32-55)12-8-36-16-20-45(57)49(28-36)61-4/h5-22,25-28,51,56-57H,23-24H2,1-4H3/b9-5+,10-6+,11-7+,12-8+. The molecule has 306 valence electrons. The predicted molar refractivity (Wildman–Crippen MR) is 236 cm³/mol. The monoisotopic (exact) mass is 815 g/mol. The Morgan fingerprint density at radius 2 is 0.820 bits per heavy atom. The first-order chi connectivity index (χ1) is 29.7. The van der Waals surface area contributed by atoms with Crippen LogP contribution in [0, 0.1) is 0 Å². The molecule has 0 amide bonds. The molecule has 0 bridgehead atoms. The number of aromatic amines is 1. The minimum Gasteiger partial charge on any atom is -0.504 e. The minimum atomic E-state index is -0.0102. The molecule has 0 saturated heterocycles. The Balaban J connectivity index is 1.30. The lowest BCUT2D eigenvalue weighted by Crippen LogP contribution is -1.93. The summed E-state index contributed by atoms with van der Waals surface area (Å²) < 4.78 is 21.9. The summed E-state index contributed by atoms with van der Waals surface area (Å²) in [5, 5.41) is 19.7. The van der Waals surface area contributed by atoms with Gasteiger partial charge in [-0.25, -0.2) is 19.2 Å². The van der Waals surface area contributed by atoms with E-state index in [2.05, 4.69) is 4.98 Å². The number of hydrogen-bond acceptors (Lipinski definition) is 10. The molecule has 0 aliphatic rings. The van der Waals surface area contributed by atoms with Gasteiger partial charge in [-0.1, -0.05) is 48.6 Å². The molecule has 11 heteroatoms. The fourth-order valence-corrected chi connectivity index (χ4v) is 6.18. The second-order valence-electron chi connectivity index (χ2n) is 13.2. The highest BCUT2D eigenvalue weighted by Crippen LogP contribution is 2.41. The van der Waals surface area contributed by atoms with Gasteiger partial charge >= 0.3 is 0 Å². The highest BCUT2D eigenvalue weighted by molar-refractivity contribution is 5.88. The van der Waals surface area contributed by atoms with Gasteiger partial charge in [0.05, 0.1) is 34.1 Å². The zero-order chi connectivity index (χ0) is 43.7. The number of aromatic hydroxyl groups is 2. The van der Waals surface area contributed by atoms with Gasteiger partial charge < -0.3 is 34.1 Å². The number of ether oxygens (including phenoxy) is 4. The maximum atomic E-state index is 11.9. The molecule has 0 saturated carbocycles. The Kier molecular flexibility index (Phi) is 15.4. The first kappa shape index (κ1) is 43.8. The average Bonchev–Trinajstić information content (AvgIpc) is 3.78. The normalized spacial score (nSPS) is 11.0. The zero-order valence-electron chi connectivity index (χ0n) is 33.8. The van der Waals surface area contributed by atoms with E-state index in [9.17, 15) is 29.4 Å². The molecule has 0 fully saturated rings. The van der Waals surface area contributed by atoms with Crippen molar-refractivity contribution < 1.29 is 48.3 Å². The number of aromatic nitrogens is 1. The molecule has 3 N–H and O–H groups in total. The molecule has 0 spiro atoms. The molecule has 4 aromatic carbocycles. The topological polar surface area (TPSA) is 161 Å². The van der Waals surface area contributed by atoms with E-state index in [0.717, 1.165) is 33.5 Å². The third-order valence-corrected chi connectivity index (χ3v) is 9.36. The van der Waals surface area contributed by atoms with Crippen molar-refractivity contribution in [3.05, 3.63) is 154 Å². The largest absolute Gasteiger partial charge is 0.504 e. The van der Waals surface area contributed by atoms with Gasteiger partial charge in [0.2, 0.25) is 0 Å². The van der Waals surface area contributed by atoms with E-state index in [0.29, 0.717) is 22.6 Å². The van der Waals surface area contributed by atoms with Crippen molar-refractivity contribution in [2.24, 2.45) is 0 Å². The SMILES string of the molecule is COc1cc(/C=C/C(=C=O)CC(=C=O)/C=C/c2ccc(-c3cc[nH]c3-c3ccc(/C=C/C(=C=O)CC(=C=O)/C=C/c4ccc(O)c(OC)c4)cc3OC)c(OC)c2)ccc1O. The number of methoxy groups -OCH3 is 4. The van der Waals surface area contributed by atoms with E-state index < -0.39 is 0 Å². The Labute approximate surface area is 352 Å². The summed E-state index contributed by atoms with van der Waals surface area (Å²) in [5.74, 6) is 9.21. The van der Waals surface area contributed by atoms with Crippen LogP contribution in [0.4, 0.5) is 0 Å². The van der Waals surface area contributed by atoms with E-state index in [1.54, 1.807) is 87.1 Å². The predicted octanol–water partition coefficient (Wildman–Crippen LogP) is 9.06. The summed E-state index contributed by atoms with van der Waals surface area (Å²) in [4.78, 5) is 50.5. The van der Waals surface area contributed by atoms with E-state index in [1.165, 1.54) is 26.4 Å². The maximum absolute atomic E-state index is 11.9. The van der Waals surface area contributed by atoms with E-state index in [4.69, 9.17) is 18.9 Å². The van der Waals surface area contributed by atoms with Gasteiger partial charge in [-0.15, -0.1) is 0 Å². The van der Waals surface area contributed by atoms with Crippen molar-refractivity contribution in [1.82, 2.24) is 4.98 Å². The number of H-pyrrole nitrogens is 1. The summed E-state index contributed by atoms with van der Waals surface area (Å²) in [6.07, 6.45) is 14.8. The number of nitrogens with one attached hydrogen (secondary N) is 1. The average molecular weight is 816 g/mol. The summed E-state index contributed by atoms with van der Waals surface area (Å²) >= 11 is 0. The highest BCUT2D eigenvalue weighted by atomic mass is 16.5. The summed E-state index contributed by atoms with van der Waals surface area (Å²) in [5.41, 5.74) is 6.88. The third-order valence-electron chi connectivity index (χ3n) is 9.36. The lowest BCUT2D eigenvalue weighted by molar-refractivity contribution is 0.373. The Bertz CT molecular complexity index is 2550. The van der Waals surface area contributed by atoms with Crippen molar-refractivity contribution in [2.75, 3.05) is 28.4 Å². The van der Waals surface area contributed by atoms with Crippen LogP contribution in [0.15, 0.2) is 132 Å². The second kappa shape index (κ2) is 21.5. The van der Waals surface area contributed by atoms with Crippen LogP contribution in [0.5, 0.6) is 34.5 Å². The molecule has 0 unspecified atom stereocenters. The molecule has 1 heterocycles. The summed E-state index contributed by atoms with van der Waals surface area (Å²) in [6.45, 7) is 0. The molecule has 61 heavy (non-hydrogen) atoms. The smallest absolute Gasteiger partial charge is 0.161 e. The van der Waals surface area contributed by atoms with Crippen LogP contribution in [0.1, 0.15) is 35.1 Å². The number of rotatable bonds is 18. The summed E-state index contributed by atoms with van der Waals surface area (Å²) in [7, 11) is 6.00. The van der Waals surface area contributed by atoms with Gasteiger partial charge in [0, 0.05) is 58.0 Å². The molecule has 11 nitrogen and oxygen atoms in total. The number of phenolic OH excluding ortho intramolecular Hbond substituents is 2. The van der Waals surface area contributed by atoms with Crippen LogP contribution in [0.25, 0.3) is 46.7 Å². The zero-order valence-corrected chi connectivity index (χ0v) is 33.8. The molecule has 5 rings (SSSR count). The highest BCUT2D eigenvalue weighted by Gasteiger charge is 2.17. The van der Waals surface area contributed by atoms with Crippen molar-refractivity contribution in [3.8, 4) is 56.9 Å². The quantitative estimate of drug-likeness (QED) is 0.0575. The van der Waals surface area contributed by atoms with Gasteiger partial charge in [-0.2, -0.15) is 0 Å². The molecule has 0 atom stereocenters. The van der Waals surface area contributed by atoms with Gasteiger partial charge in [0.15, 0.2) is 23.0 Å². The molecule has 0 aliphatic heterocycles. The number of benzene rings is 4. The van der Waals surface area contributed by atoms with Crippen LogP contribution in [0.2, 0.25) is 0 Å². The molecule has 0 radical (unpaired) electrons. The molecule has 5 aromatic rings. The van der Waals surface area contributed by atoms with Crippen LogP contribution >= 0.6 is 0 Å². The van der Waals surface area contributed by atoms with Crippen molar-refractivity contribution >= 4 is 48.1 Å². The Morgan fingerprint density at radius 1 is 0.475 bits per heavy atom. The van der Waals surface area contributed by atoms with Gasteiger partial charge in [-0.05, 0) is 101 Å². The first-order valence-electron chi connectivity index (χ1n) is 18.6. The first-order valence-corrected chi connectivity index (χ1v) is 18.6. The van der Waals surface area contributed by atoms with Crippen molar-refractivity contribution in [2.45, 2.75) is 12.8 Å². The molecular weight excluding hydrogens is 775 g/mol. The van der Waals surface area contributed by atoms with Gasteiger partial charge in [0.25, 0.3) is 0 Å². The second-order valence-corrected chi connectivity index (χ2v) is 13.2. The van der Waals surface area contributed by atoms with Crippen LogP contribution in [-0.4, -0.2) is 67.4 Å². The van der Waals surface area contributed by atoms with Crippen LogP contribution in [0.3, 0.4) is 0 Å². The minimum absolute atomic E-state index is 0.00180. The fourth-order valence-electron chi connectivity index (χ4n) is 6.18. The number of phenols is 2. The number of carbonyl (C=O) groups excluding carboxylic acids is 4. The Hall–Kier alpha value is -8.28. The lowest BCUT2D eigenvalue weighted by atomic mass is 9.97. The van der Waals surface area contributed by atoms with E-state index >= 15 is 0 Å². The number of hydrogen-bond donors (Lipinski definition) is 3. The van der Waals surface area contributed by atoms with Crippen molar-refractivity contribution in [3.63, 3.8) is 0 Å². The van der Waals surface area contributed by atoms with Gasteiger partial charge in [-0.3, -0.25) is 0 Å². The lowest BCUT2D eigenvalue weighted by Gasteiger charge is -2.13. The van der Waals surface area contributed by atoms with E-state index in [1.807, 2.05) is 72.4 Å². The fraction of sp³-hybridized carbons (Fsp3) is 0.120. The maximum Gasteiger partial charge on any atom is 0.161 e. The number of allylic oxidation sites excluding steroid dienone is 8. The van der Waals surface area contributed by atoms with Crippen molar-refractivity contribution in [1.29, 1.82) is 0 Å². The van der Waals surface area contributed by atoms with E-state index in [-0.39, 0.29) is 58.1 Å². The third kappa shape index (κ3) is 11.4. The van der Waals surface area contributed by atoms with Crippen LogP contribution in [-0.2, 0) is 19.2 Å². The Morgan fingerprint density at radius 3 is 1.20 bits per heavy atom.